The molecule has 0 saturated heterocycles. The van der Waals surface area contributed by atoms with Crippen molar-refractivity contribution >= 4 is 23.5 Å². The Kier molecular flexibility index (Phi) is 6.53. The van der Waals surface area contributed by atoms with Crippen LogP contribution >= 0.6 is 11.6 Å². The van der Waals surface area contributed by atoms with E-state index in [0.29, 0.717) is 5.56 Å². The molecule has 1 aromatic rings. The van der Waals surface area contributed by atoms with Crippen LogP contribution in [0.4, 0.5) is 4.39 Å². The monoisotopic (exact) mass is 344 g/mol. The molecule has 5 nitrogen and oxygen atoms in total. The van der Waals surface area contributed by atoms with E-state index in [9.17, 15) is 14.0 Å². The second-order valence-electron chi connectivity index (χ2n) is 6.27. The maximum Gasteiger partial charge on any atom is 0.329 e. The second-order valence-corrected chi connectivity index (χ2v) is 6.67. The van der Waals surface area contributed by atoms with Crippen molar-refractivity contribution < 1.29 is 18.7 Å². The molecular weight excluding hydrogens is 323 g/mol. The largest absolute Gasteiger partial charge is 0.467 e. The van der Waals surface area contributed by atoms with E-state index in [0.717, 1.165) is 0 Å². The van der Waals surface area contributed by atoms with E-state index >= 15 is 0 Å². The van der Waals surface area contributed by atoms with E-state index < -0.39 is 29.2 Å². The van der Waals surface area contributed by atoms with E-state index in [1.54, 1.807) is 0 Å². The number of halogens is 2. The Bertz CT molecular complexity index is 587. The number of amides is 1. The third-order valence-corrected chi connectivity index (χ3v) is 3.68. The van der Waals surface area contributed by atoms with Crippen molar-refractivity contribution in [3.05, 3.63) is 34.6 Å². The van der Waals surface area contributed by atoms with Gasteiger partial charge in [0, 0.05) is 6.54 Å². The summed E-state index contributed by atoms with van der Waals surface area (Å²) in [4.78, 5) is 25.8. The van der Waals surface area contributed by atoms with Crippen LogP contribution in [0.15, 0.2) is 18.2 Å². The number of carbonyl (C=O) groups is 2. The molecule has 1 aromatic carbocycles. The lowest BCUT2D eigenvalue weighted by Crippen LogP contribution is -2.53. The SMILES string of the molecule is COC(=O)C(N(Cc1ccc(F)c(Cl)c1)C(=O)CN)C(C)(C)C. The zero-order valence-corrected chi connectivity index (χ0v) is 14.5. The Morgan fingerprint density at radius 1 is 1.39 bits per heavy atom. The van der Waals surface area contributed by atoms with Crippen molar-refractivity contribution in [1.29, 1.82) is 0 Å². The number of nitrogens with two attached hydrogens (primary N) is 1. The Morgan fingerprint density at radius 2 is 2.00 bits per heavy atom. The van der Waals surface area contributed by atoms with Crippen LogP contribution in [0.3, 0.4) is 0 Å². The second kappa shape index (κ2) is 7.75. The maximum atomic E-state index is 13.3. The van der Waals surface area contributed by atoms with Crippen molar-refractivity contribution in [2.24, 2.45) is 11.1 Å². The highest BCUT2D eigenvalue weighted by Gasteiger charge is 2.39. The van der Waals surface area contributed by atoms with Gasteiger partial charge in [0.15, 0.2) is 0 Å². The fourth-order valence-electron chi connectivity index (χ4n) is 2.34. The molecule has 1 rings (SSSR count). The summed E-state index contributed by atoms with van der Waals surface area (Å²) in [6.07, 6.45) is 0. The lowest BCUT2D eigenvalue weighted by molar-refractivity contribution is -0.158. The van der Waals surface area contributed by atoms with Gasteiger partial charge < -0.3 is 15.4 Å². The standard InChI is InChI=1S/C16H22ClFN2O3/c1-16(2,3)14(15(22)23-4)20(13(21)8-19)9-10-5-6-12(18)11(17)7-10/h5-7,14H,8-9,19H2,1-4H3. The fraction of sp³-hybridized carbons (Fsp3) is 0.500. The minimum atomic E-state index is -0.827. The number of rotatable bonds is 5. The van der Waals surface area contributed by atoms with Crippen LogP contribution in [-0.2, 0) is 20.9 Å². The van der Waals surface area contributed by atoms with Gasteiger partial charge in [0.1, 0.15) is 11.9 Å². The molecule has 0 radical (unpaired) electrons. The highest BCUT2D eigenvalue weighted by molar-refractivity contribution is 6.30. The molecule has 0 saturated carbocycles. The first-order valence-electron chi connectivity index (χ1n) is 7.13. The smallest absolute Gasteiger partial charge is 0.329 e. The fourth-order valence-corrected chi connectivity index (χ4v) is 2.54. The minimum absolute atomic E-state index is 0.0481. The summed E-state index contributed by atoms with van der Waals surface area (Å²) in [5.41, 5.74) is 5.50. The van der Waals surface area contributed by atoms with Crippen LogP contribution in [0.2, 0.25) is 5.02 Å². The Balaban J connectivity index is 3.23. The topological polar surface area (TPSA) is 72.6 Å². The number of nitrogens with zero attached hydrogens (tertiary/aromatic N) is 1. The lowest BCUT2D eigenvalue weighted by atomic mass is 9.85. The third-order valence-electron chi connectivity index (χ3n) is 3.39. The van der Waals surface area contributed by atoms with Crippen LogP contribution in [0.25, 0.3) is 0 Å². The summed E-state index contributed by atoms with van der Waals surface area (Å²) in [6, 6.07) is 3.32. The summed E-state index contributed by atoms with van der Waals surface area (Å²) in [7, 11) is 1.26. The minimum Gasteiger partial charge on any atom is -0.467 e. The zero-order chi connectivity index (χ0) is 17.8. The van der Waals surface area contributed by atoms with Gasteiger partial charge in [0.05, 0.1) is 18.7 Å². The van der Waals surface area contributed by atoms with Crippen molar-refractivity contribution in [1.82, 2.24) is 4.90 Å². The average molecular weight is 345 g/mol. The van der Waals surface area contributed by atoms with Crippen LogP contribution in [-0.4, -0.2) is 36.5 Å². The van der Waals surface area contributed by atoms with Crippen LogP contribution < -0.4 is 5.73 Å². The summed E-state index contributed by atoms with van der Waals surface area (Å²) in [5.74, 6) is -1.49. The Morgan fingerprint density at radius 3 is 2.43 bits per heavy atom. The number of hydrogen-bond donors (Lipinski definition) is 1. The van der Waals surface area contributed by atoms with E-state index in [4.69, 9.17) is 22.1 Å². The van der Waals surface area contributed by atoms with Gasteiger partial charge in [0.2, 0.25) is 5.91 Å². The number of carbonyl (C=O) groups excluding carboxylic acids is 2. The Hall–Kier alpha value is -1.66. The molecule has 0 aliphatic carbocycles. The number of hydrogen-bond acceptors (Lipinski definition) is 4. The summed E-state index contributed by atoms with van der Waals surface area (Å²) >= 11 is 5.78. The van der Waals surface area contributed by atoms with Gasteiger partial charge in [-0.15, -0.1) is 0 Å². The molecular formula is C16H22ClFN2O3. The molecule has 0 spiro atoms. The van der Waals surface area contributed by atoms with Crippen LogP contribution in [0.1, 0.15) is 26.3 Å². The maximum absolute atomic E-state index is 13.3. The van der Waals surface area contributed by atoms with Gasteiger partial charge in [-0.2, -0.15) is 0 Å². The molecule has 0 heterocycles. The number of benzene rings is 1. The normalized spacial score (nSPS) is 12.7. The van der Waals surface area contributed by atoms with Gasteiger partial charge in [-0.3, -0.25) is 4.79 Å². The predicted molar refractivity (Wildman–Crippen MR) is 86.3 cm³/mol. The van der Waals surface area contributed by atoms with Gasteiger partial charge in [-0.25, -0.2) is 9.18 Å². The molecule has 1 amide bonds. The molecule has 7 heteroatoms. The molecule has 2 N–H and O–H groups in total. The molecule has 23 heavy (non-hydrogen) atoms. The first-order chi connectivity index (χ1) is 10.6. The van der Waals surface area contributed by atoms with Gasteiger partial charge in [-0.1, -0.05) is 38.4 Å². The van der Waals surface area contributed by atoms with Gasteiger partial charge in [0.25, 0.3) is 0 Å². The number of ether oxygens (including phenoxy) is 1. The van der Waals surface area contributed by atoms with Crippen molar-refractivity contribution in [2.75, 3.05) is 13.7 Å². The number of methoxy groups -OCH3 is 1. The molecule has 128 valence electrons. The van der Waals surface area contributed by atoms with Gasteiger partial charge >= 0.3 is 5.97 Å². The average Bonchev–Trinajstić information content (AvgIpc) is 2.47. The summed E-state index contributed by atoms with van der Waals surface area (Å²) in [5, 5.41) is -0.0481. The molecule has 0 aromatic heterocycles. The van der Waals surface area contributed by atoms with Crippen molar-refractivity contribution in [2.45, 2.75) is 33.4 Å². The molecule has 1 unspecified atom stereocenters. The third kappa shape index (κ3) is 4.91. The lowest BCUT2D eigenvalue weighted by Gasteiger charge is -2.38. The first-order valence-corrected chi connectivity index (χ1v) is 7.51. The Labute approximate surface area is 140 Å². The van der Waals surface area contributed by atoms with Crippen molar-refractivity contribution in [3.63, 3.8) is 0 Å². The van der Waals surface area contributed by atoms with Crippen molar-refractivity contribution in [3.8, 4) is 0 Å². The molecule has 0 bridgehead atoms. The summed E-state index contributed by atoms with van der Waals surface area (Å²) in [6.45, 7) is 5.29. The quantitative estimate of drug-likeness (QED) is 0.832. The van der Waals surface area contributed by atoms with Crippen LogP contribution in [0, 0.1) is 11.2 Å². The molecule has 0 fully saturated rings. The van der Waals surface area contributed by atoms with Gasteiger partial charge in [-0.05, 0) is 23.1 Å². The van der Waals surface area contributed by atoms with E-state index in [1.165, 1.54) is 30.2 Å². The molecule has 0 aliphatic rings. The number of esters is 1. The highest BCUT2D eigenvalue weighted by Crippen LogP contribution is 2.28. The summed E-state index contributed by atoms with van der Waals surface area (Å²) < 4.78 is 18.1. The van der Waals surface area contributed by atoms with Crippen LogP contribution in [0.5, 0.6) is 0 Å². The zero-order valence-electron chi connectivity index (χ0n) is 13.7. The first kappa shape index (κ1) is 19.4. The predicted octanol–water partition coefficient (Wildman–Crippen LogP) is 2.35. The highest BCUT2D eigenvalue weighted by atomic mass is 35.5. The van der Waals surface area contributed by atoms with E-state index in [2.05, 4.69) is 0 Å². The van der Waals surface area contributed by atoms with E-state index in [1.807, 2.05) is 20.8 Å². The molecule has 1 atom stereocenters. The van der Waals surface area contributed by atoms with E-state index in [-0.39, 0.29) is 18.1 Å². The molecule has 0 aliphatic heterocycles.